The Kier molecular flexibility index (Phi) is 18.4. The summed E-state index contributed by atoms with van der Waals surface area (Å²) in [6, 6.07) is -0.0771. The highest BCUT2D eigenvalue weighted by Gasteiger charge is 2.27. The van der Waals surface area contributed by atoms with Crippen molar-refractivity contribution in [1.29, 1.82) is 0 Å². The Morgan fingerprint density at radius 1 is 0.500 bits per heavy atom. The maximum Gasteiger partial charge on any atom is 0.410 e. The van der Waals surface area contributed by atoms with E-state index < -0.39 is 40.7 Å². The summed E-state index contributed by atoms with van der Waals surface area (Å²) in [5.41, 5.74) is -2.58. The molecule has 0 bridgehead atoms. The lowest BCUT2D eigenvalue weighted by Gasteiger charge is -2.31. The third kappa shape index (κ3) is 21.6. The van der Waals surface area contributed by atoms with Gasteiger partial charge in [0.25, 0.3) is 0 Å². The maximum absolute atomic E-state index is 13.1. The Bertz CT molecular complexity index is 1030. The second kappa shape index (κ2) is 19.7. The molecule has 0 saturated carbocycles. The Labute approximate surface area is 291 Å². The minimum atomic E-state index is -0.683. The summed E-state index contributed by atoms with van der Waals surface area (Å²) in [4.78, 5) is 58.2. The molecule has 0 rings (SSSR count). The second-order valence-electron chi connectivity index (χ2n) is 16.3. The first-order valence-corrected chi connectivity index (χ1v) is 17.3. The van der Waals surface area contributed by atoms with Crippen molar-refractivity contribution in [2.75, 3.05) is 45.8 Å². The fourth-order valence-corrected chi connectivity index (χ4v) is 4.23. The van der Waals surface area contributed by atoms with E-state index in [0.717, 1.165) is 6.42 Å². The first-order valence-electron chi connectivity index (χ1n) is 17.3. The summed E-state index contributed by atoms with van der Waals surface area (Å²) >= 11 is 0. The zero-order valence-electron chi connectivity index (χ0n) is 32.9. The summed E-state index contributed by atoms with van der Waals surface area (Å²) in [6.45, 7) is 30.3. The lowest BCUT2D eigenvalue weighted by atomic mass is 10.2. The van der Waals surface area contributed by atoms with Gasteiger partial charge in [0.2, 0.25) is 0 Å². The van der Waals surface area contributed by atoms with Crippen LogP contribution in [0.15, 0.2) is 12.2 Å². The Morgan fingerprint density at radius 3 is 1.15 bits per heavy atom. The lowest BCUT2D eigenvalue weighted by Crippen LogP contribution is -2.43. The first kappa shape index (κ1) is 44.8. The molecule has 0 aliphatic rings. The van der Waals surface area contributed by atoms with Crippen molar-refractivity contribution in [2.24, 2.45) is 0 Å². The predicted octanol–water partition coefficient (Wildman–Crippen LogP) is 8.09. The van der Waals surface area contributed by atoms with Crippen molar-refractivity contribution in [2.45, 2.75) is 152 Å². The number of ether oxygens (including phenoxy) is 4. The van der Waals surface area contributed by atoms with Crippen LogP contribution >= 0.6 is 0 Å². The quantitative estimate of drug-likeness (QED) is 0.125. The highest BCUT2D eigenvalue weighted by atomic mass is 16.6. The first-order chi connectivity index (χ1) is 21.7. The van der Waals surface area contributed by atoms with Crippen LogP contribution in [0.1, 0.15) is 123 Å². The molecule has 12 heteroatoms. The summed E-state index contributed by atoms with van der Waals surface area (Å²) in [7, 11) is 0. The average molecular weight is 685 g/mol. The van der Waals surface area contributed by atoms with Crippen LogP contribution in [0.5, 0.6) is 0 Å². The van der Waals surface area contributed by atoms with E-state index in [1.807, 2.05) is 116 Å². The van der Waals surface area contributed by atoms with Crippen LogP contribution in [0.3, 0.4) is 0 Å². The smallest absolute Gasteiger partial charge is 0.410 e. The lowest BCUT2D eigenvalue weighted by molar-refractivity contribution is 0.0160. The number of hydrogen-bond acceptors (Lipinski definition) is 8. The average Bonchev–Trinajstić information content (AvgIpc) is 2.85. The number of carbonyl (C=O) groups excluding carboxylic acids is 4. The molecule has 12 nitrogen and oxygen atoms in total. The van der Waals surface area contributed by atoms with Crippen LogP contribution in [-0.2, 0) is 18.9 Å². The third-order valence-corrected chi connectivity index (χ3v) is 6.20. The molecule has 0 N–H and O–H groups in total. The third-order valence-electron chi connectivity index (χ3n) is 6.20. The van der Waals surface area contributed by atoms with E-state index in [4.69, 9.17) is 18.9 Å². The summed E-state index contributed by atoms with van der Waals surface area (Å²) in [5.74, 6) is 0. The maximum atomic E-state index is 13.1. The van der Waals surface area contributed by atoms with Gasteiger partial charge in [0.05, 0.1) is 0 Å². The molecule has 0 unspecified atom stereocenters. The van der Waals surface area contributed by atoms with Gasteiger partial charge in [-0.2, -0.15) is 0 Å². The van der Waals surface area contributed by atoms with Crippen LogP contribution in [0.4, 0.5) is 19.2 Å². The van der Waals surface area contributed by atoms with Gasteiger partial charge < -0.3 is 38.5 Å². The van der Waals surface area contributed by atoms with Gasteiger partial charge in [0.1, 0.15) is 22.4 Å². The van der Waals surface area contributed by atoms with E-state index >= 15 is 0 Å². The second-order valence-corrected chi connectivity index (χ2v) is 16.3. The van der Waals surface area contributed by atoms with Gasteiger partial charge in [0.15, 0.2) is 0 Å². The minimum absolute atomic E-state index is 0.0771. The van der Waals surface area contributed by atoms with Crippen molar-refractivity contribution in [3.63, 3.8) is 0 Å². The molecule has 0 aliphatic heterocycles. The van der Waals surface area contributed by atoms with Crippen molar-refractivity contribution < 1.29 is 38.1 Å². The molecule has 280 valence electrons. The molecule has 0 aromatic rings. The topological polar surface area (TPSA) is 118 Å². The molecule has 0 radical (unpaired) electrons. The molecule has 0 heterocycles. The molecule has 0 aromatic heterocycles. The van der Waals surface area contributed by atoms with Crippen LogP contribution in [0, 0.1) is 0 Å². The summed E-state index contributed by atoms with van der Waals surface area (Å²) in [6.07, 6.45) is 3.75. The molecular formula is C36H68N4O8. The Morgan fingerprint density at radius 2 is 0.812 bits per heavy atom. The number of carbonyl (C=O) groups is 4. The fraction of sp³-hybridized carbons (Fsp3) is 0.833. The van der Waals surface area contributed by atoms with Crippen molar-refractivity contribution >= 4 is 24.4 Å². The van der Waals surface area contributed by atoms with Crippen LogP contribution in [-0.4, -0.2) is 118 Å². The molecule has 48 heavy (non-hydrogen) atoms. The van der Waals surface area contributed by atoms with Gasteiger partial charge in [0, 0.05) is 51.9 Å². The number of rotatable bonds is 15. The zero-order valence-corrected chi connectivity index (χ0v) is 32.9. The molecule has 0 fully saturated rings. The number of amides is 4. The summed E-state index contributed by atoms with van der Waals surface area (Å²) in [5, 5.41) is 0. The normalized spacial score (nSPS) is 12.5. The van der Waals surface area contributed by atoms with E-state index in [-0.39, 0.29) is 25.2 Å². The molecule has 0 spiro atoms. The number of nitrogens with zero attached hydrogens (tertiary/aromatic N) is 4. The van der Waals surface area contributed by atoms with Gasteiger partial charge in [-0.25, -0.2) is 19.2 Å². The van der Waals surface area contributed by atoms with E-state index in [9.17, 15) is 19.2 Å². The van der Waals surface area contributed by atoms with E-state index in [0.29, 0.717) is 45.6 Å². The molecule has 0 aliphatic carbocycles. The molecule has 0 aromatic carbocycles. The fourth-order valence-electron chi connectivity index (χ4n) is 4.23. The SMILES string of the molecule is CCCN(CCCN(C/C=C/CN(CCCN(C(=O)OC(C)(C)C)C(C)C)C(=O)OC(C)(C)C)C(=O)OC(C)(C)C)C(=O)OC(C)(C)C. The van der Waals surface area contributed by atoms with Gasteiger partial charge in [-0.3, -0.25) is 0 Å². The van der Waals surface area contributed by atoms with Crippen molar-refractivity contribution in [3.8, 4) is 0 Å². The van der Waals surface area contributed by atoms with E-state index in [1.165, 1.54) is 0 Å². The number of hydrogen-bond donors (Lipinski definition) is 0. The van der Waals surface area contributed by atoms with Gasteiger partial charge in [-0.05, 0) is 116 Å². The predicted molar refractivity (Wildman–Crippen MR) is 190 cm³/mol. The van der Waals surface area contributed by atoms with Gasteiger partial charge in [-0.15, -0.1) is 0 Å². The largest absolute Gasteiger partial charge is 0.444 e. The van der Waals surface area contributed by atoms with Gasteiger partial charge in [-0.1, -0.05) is 19.1 Å². The van der Waals surface area contributed by atoms with Crippen LogP contribution in [0.25, 0.3) is 0 Å². The minimum Gasteiger partial charge on any atom is -0.444 e. The van der Waals surface area contributed by atoms with Crippen molar-refractivity contribution in [1.82, 2.24) is 19.6 Å². The van der Waals surface area contributed by atoms with E-state index in [1.54, 1.807) is 19.6 Å². The highest BCUT2D eigenvalue weighted by Crippen LogP contribution is 2.16. The summed E-state index contributed by atoms with van der Waals surface area (Å²) < 4.78 is 22.4. The van der Waals surface area contributed by atoms with Crippen molar-refractivity contribution in [3.05, 3.63) is 12.2 Å². The molecule has 4 amide bonds. The van der Waals surface area contributed by atoms with Gasteiger partial charge >= 0.3 is 24.4 Å². The molecular weight excluding hydrogens is 616 g/mol. The Balaban J connectivity index is 5.68. The van der Waals surface area contributed by atoms with E-state index in [2.05, 4.69) is 0 Å². The molecule has 0 saturated heterocycles. The zero-order chi connectivity index (χ0) is 37.5. The highest BCUT2D eigenvalue weighted by molar-refractivity contribution is 5.70. The standard InChI is InChI=1S/C36H68N4O8/c1-16-21-37(29(41)45-33(4,5)6)24-19-25-38(30(42)46-34(7,8)9)22-17-18-23-39(31(43)47-35(10,11)12)26-20-27-40(28(2)3)32(44)48-36(13,14)15/h17-18,28H,16,19-27H2,1-15H3/b18-17+. The Hall–Kier alpha value is -3.18. The van der Waals surface area contributed by atoms with Crippen LogP contribution < -0.4 is 0 Å². The monoisotopic (exact) mass is 685 g/mol. The van der Waals surface area contributed by atoms with Crippen LogP contribution in [0.2, 0.25) is 0 Å². The molecule has 0 atom stereocenters.